The molecule has 0 unspecified atom stereocenters. The molecular formula is C21H33NO2. The van der Waals surface area contributed by atoms with Gasteiger partial charge in [0.25, 0.3) is 0 Å². The molecule has 0 amide bonds. The van der Waals surface area contributed by atoms with E-state index >= 15 is 0 Å². The number of rotatable bonds is 8. The Morgan fingerprint density at radius 1 is 1.12 bits per heavy atom. The molecule has 1 aromatic carbocycles. The van der Waals surface area contributed by atoms with Gasteiger partial charge in [-0.2, -0.15) is 0 Å². The average Bonchev–Trinajstić information content (AvgIpc) is 2.55. The van der Waals surface area contributed by atoms with Crippen molar-refractivity contribution in [2.45, 2.75) is 40.0 Å². The van der Waals surface area contributed by atoms with E-state index in [2.05, 4.69) is 30.9 Å². The van der Waals surface area contributed by atoms with Crippen molar-refractivity contribution in [1.82, 2.24) is 4.90 Å². The van der Waals surface area contributed by atoms with Crippen molar-refractivity contribution in [2.75, 3.05) is 33.4 Å². The van der Waals surface area contributed by atoms with E-state index in [0.717, 1.165) is 41.9 Å². The van der Waals surface area contributed by atoms with Crippen LogP contribution in [0.1, 0.15) is 45.6 Å². The minimum absolute atomic E-state index is 0.748. The Hall–Kier alpha value is -1.48. The fourth-order valence-corrected chi connectivity index (χ4v) is 3.69. The van der Waals surface area contributed by atoms with E-state index in [1.807, 2.05) is 25.1 Å². The number of ether oxygens (including phenoxy) is 2. The maximum atomic E-state index is 5.93. The first-order valence-corrected chi connectivity index (χ1v) is 9.28. The Morgan fingerprint density at radius 2 is 1.88 bits per heavy atom. The van der Waals surface area contributed by atoms with Gasteiger partial charge in [-0.3, -0.25) is 0 Å². The molecule has 134 valence electrons. The summed E-state index contributed by atoms with van der Waals surface area (Å²) >= 11 is 0. The molecule has 1 fully saturated rings. The SMILES string of the molecule is C/C=C/c1ccc(OCCCCN2C[C@@H](C)C[C@H](C)C2)c(OC)c1. The van der Waals surface area contributed by atoms with Gasteiger partial charge in [0.2, 0.25) is 0 Å². The Kier molecular flexibility index (Phi) is 7.64. The molecule has 2 atom stereocenters. The van der Waals surface area contributed by atoms with Crippen LogP contribution in [-0.2, 0) is 0 Å². The molecule has 2 rings (SSSR count). The molecule has 0 saturated carbocycles. The fraction of sp³-hybridized carbons (Fsp3) is 0.619. The van der Waals surface area contributed by atoms with Crippen LogP contribution in [0.25, 0.3) is 6.08 Å². The van der Waals surface area contributed by atoms with Gasteiger partial charge in [0, 0.05) is 13.1 Å². The summed E-state index contributed by atoms with van der Waals surface area (Å²) in [6.45, 7) is 11.2. The number of methoxy groups -OCH3 is 1. The topological polar surface area (TPSA) is 21.7 Å². The Balaban J connectivity index is 1.72. The Morgan fingerprint density at radius 3 is 2.54 bits per heavy atom. The maximum absolute atomic E-state index is 5.93. The number of benzene rings is 1. The zero-order chi connectivity index (χ0) is 17.4. The molecule has 3 heteroatoms. The predicted octanol–water partition coefficient (Wildman–Crippen LogP) is 4.87. The van der Waals surface area contributed by atoms with Crippen LogP contribution in [0.5, 0.6) is 11.5 Å². The van der Waals surface area contributed by atoms with Gasteiger partial charge in [0.15, 0.2) is 11.5 Å². The van der Waals surface area contributed by atoms with Crippen LogP contribution in [0.2, 0.25) is 0 Å². The average molecular weight is 332 g/mol. The van der Waals surface area contributed by atoms with Crippen molar-refractivity contribution in [3.8, 4) is 11.5 Å². The summed E-state index contributed by atoms with van der Waals surface area (Å²) in [5.41, 5.74) is 1.13. The van der Waals surface area contributed by atoms with E-state index in [0.29, 0.717) is 0 Å². The maximum Gasteiger partial charge on any atom is 0.161 e. The molecule has 0 radical (unpaired) electrons. The van der Waals surface area contributed by atoms with Crippen LogP contribution in [0.3, 0.4) is 0 Å². The second kappa shape index (κ2) is 9.73. The zero-order valence-electron chi connectivity index (χ0n) is 15.8. The molecule has 1 aliphatic rings. The van der Waals surface area contributed by atoms with Gasteiger partial charge < -0.3 is 14.4 Å². The van der Waals surface area contributed by atoms with E-state index in [4.69, 9.17) is 9.47 Å². The lowest BCUT2D eigenvalue weighted by Gasteiger charge is -2.34. The third kappa shape index (κ3) is 5.86. The lowest BCUT2D eigenvalue weighted by molar-refractivity contribution is 0.136. The molecule has 0 N–H and O–H groups in total. The van der Waals surface area contributed by atoms with E-state index in [1.54, 1.807) is 7.11 Å². The first-order valence-electron chi connectivity index (χ1n) is 9.28. The number of unbranched alkanes of at least 4 members (excludes halogenated alkanes) is 1. The molecule has 1 aromatic rings. The number of nitrogens with zero attached hydrogens (tertiary/aromatic N) is 1. The van der Waals surface area contributed by atoms with Gasteiger partial charge in [0.1, 0.15) is 0 Å². The first kappa shape index (κ1) is 18.9. The van der Waals surface area contributed by atoms with Crippen molar-refractivity contribution < 1.29 is 9.47 Å². The number of piperidine rings is 1. The Bertz CT molecular complexity index is 517. The quantitative estimate of drug-likeness (QED) is 0.635. The molecule has 0 spiro atoms. The van der Waals surface area contributed by atoms with E-state index < -0.39 is 0 Å². The summed E-state index contributed by atoms with van der Waals surface area (Å²) in [6.07, 6.45) is 7.74. The molecule has 0 aromatic heterocycles. The highest BCUT2D eigenvalue weighted by Crippen LogP contribution is 2.28. The van der Waals surface area contributed by atoms with Gasteiger partial charge in [-0.05, 0) is 62.3 Å². The normalized spacial score (nSPS) is 22.0. The number of hydrogen-bond acceptors (Lipinski definition) is 3. The summed E-state index contributed by atoms with van der Waals surface area (Å²) in [4.78, 5) is 2.62. The molecule has 1 aliphatic heterocycles. The lowest BCUT2D eigenvalue weighted by atomic mass is 9.92. The highest BCUT2D eigenvalue weighted by molar-refractivity contribution is 5.55. The highest BCUT2D eigenvalue weighted by Gasteiger charge is 2.20. The van der Waals surface area contributed by atoms with Crippen LogP contribution in [-0.4, -0.2) is 38.3 Å². The molecule has 0 aliphatic carbocycles. The fourth-order valence-electron chi connectivity index (χ4n) is 3.69. The standard InChI is InChI=1S/C21H33NO2/c1-5-8-19-9-10-20(21(14-19)23-4)24-12-7-6-11-22-15-17(2)13-18(3)16-22/h5,8-10,14,17-18H,6-7,11-13,15-16H2,1-4H3/b8-5+/t17-,18-/m0/s1. The van der Waals surface area contributed by atoms with Gasteiger partial charge in [-0.15, -0.1) is 0 Å². The minimum Gasteiger partial charge on any atom is -0.493 e. The van der Waals surface area contributed by atoms with Crippen molar-refractivity contribution in [2.24, 2.45) is 11.8 Å². The van der Waals surface area contributed by atoms with Crippen molar-refractivity contribution in [3.63, 3.8) is 0 Å². The highest BCUT2D eigenvalue weighted by atomic mass is 16.5. The second-order valence-corrected chi connectivity index (χ2v) is 7.17. The molecule has 1 saturated heterocycles. The van der Waals surface area contributed by atoms with Crippen LogP contribution < -0.4 is 9.47 Å². The van der Waals surface area contributed by atoms with Gasteiger partial charge in [-0.25, -0.2) is 0 Å². The summed E-state index contributed by atoms with van der Waals surface area (Å²) in [5, 5.41) is 0. The van der Waals surface area contributed by atoms with E-state index in [1.165, 1.54) is 32.5 Å². The number of allylic oxidation sites excluding steroid dienone is 1. The smallest absolute Gasteiger partial charge is 0.161 e. The summed E-state index contributed by atoms with van der Waals surface area (Å²) in [7, 11) is 1.69. The minimum atomic E-state index is 0.748. The van der Waals surface area contributed by atoms with E-state index in [9.17, 15) is 0 Å². The molecular weight excluding hydrogens is 298 g/mol. The van der Waals surface area contributed by atoms with Crippen molar-refractivity contribution in [3.05, 3.63) is 29.8 Å². The van der Waals surface area contributed by atoms with Crippen molar-refractivity contribution >= 4 is 6.08 Å². The number of likely N-dealkylation sites (tertiary alicyclic amines) is 1. The summed E-state index contributed by atoms with van der Waals surface area (Å²) in [5.74, 6) is 3.32. The zero-order valence-corrected chi connectivity index (χ0v) is 15.8. The van der Waals surface area contributed by atoms with Crippen LogP contribution >= 0.6 is 0 Å². The molecule has 0 bridgehead atoms. The summed E-state index contributed by atoms with van der Waals surface area (Å²) in [6, 6.07) is 6.09. The van der Waals surface area contributed by atoms with Gasteiger partial charge >= 0.3 is 0 Å². The number of hydrogen-bond donors (Lipinski definition) is 0. The summed E-state index contributed by atoms with van der Waals surface area (Å²) < 4.78 is 11.4. The second-order valence-electron chi connectivity index (χ2n) is 7.17. The molecule has 24 heavy (non-hydrogen) atoms. The molecule has 1 heterocycles. The molecule has 3 nitrogen and oxygen atoms in total. The van der Waals surface area contributed by atoms with Gasteiger partial charge in [0.05, 0.1) is 13.7 Å². The monoisotopic (exact) mass is 331 g/mol. The third-order valence-corrected chi connectivity index (χ3v) is 4.62. The van der Waals surface area contributed by atoms with Crippen LogP contribution in [0.15, 0.2) is 24.3 Å². The Labute approximate surface area is 147 Å². The third-order valence-electron chi connectivity index (χ3n) is 4.62. The van der Waals surface area contributed by atoms with Crippen molar-refractivity contribution in [1.29, 1.82) is 0 Å². The van der Waals surface area contributed by atoms with Crippen LogP contribution in [0.4, 0.5) is 0 Å². The van der Waals surface area contributed by atoms with Gasteiger partial charge in [-0.1, -0.05) is 32.1 Å². The largest absolute Gasteiger partial charge is 0.493 e. The lowest BCUT2D eigenvalue weighted by Crippen LogP contribution is -2.39. The predicted molar refractivity (Wildman–Crippen MR) is 102 cm³/mol. The van der Waals surface area contributed by atoms with Crippen LogP contribution in [0, 0.1) is 11.8 Å². The first-order chi connectivity index (χ1) is 11.6. The van der Waals surface area contributed by atoms with E-state index in [-0.39, 0.29) is 0 Å².